The first kappa shape index (κ1) is 24.5. The van der Waals surface area contributed by atoms with Gasteiger partial charge in [-0.2, -0.15) is 0 Å². The molecule has 1 aliphatic rings. The van der Waals surface area contributed by atoms with E-state index in [1.807, 2.05) is 13.0 Å². The van der Waals surface area contributed by atoms with Gasteiger partial charge in [-0.15, -0.1) is 0 Å². The zero-order chi connectivity index (χ0) is 26.1. The van der Waals surface area contributed by atoms with Crippen molar-refractivity contribution < 1.29 is 23.4 Å². The summed E-state index contributed by atoms with van der Waals surface area (Å²) >= 11 is 6.19. The molecule has 0 spiro atoms. The van der Waals surface area contributed by atoms with Crippen LogP contribution in [0.3, 0.4) is 0 Å². The lowest BCUT2D eigenvalue weighted by Crippen LogP contribution is -2.29. The third-order valence-electron chi connectivity index (χ3n) is 6.10. The van der Waals surface area contributed by atoms with E-state index in [9.17, 15) is 9.59 Å². The molecule has 5 rings (SSSR count). The van der Waals surface area contributed by atoms with Crippen molar-refractivity contribution in [2.75, 3.05) is 25.2 Å². The molecule has 1 unspecified atom stereocenters. The first-order chi connectivity index (χ1) is 18.0. The largest absolute Gasteiger partial charge is 0.497 e. The number of methoxy groups -OCH3 is 1. The molecule has 1 aromatic heterocycles. The number of carbonyl (C=O) groups is 1. The van der Waals surface area contributed by atoms with Gasteiger partial charge in [0.25, 0.3) is 5.91 Å². The highest BCUT2D eigenvalue weighted by Gasteiger charge is 2.44. The topological polar surface area (TPSA) is 78.2 Å². The van der Waals surface area contributed by atoms with Crippen LogP contribution in [0.15, 0.2) is 82.5 Å². The predicted molar refractivity (Wildman–Crippen MR) is 142 cm³/mol. The maximum atomic E-state index is 13.8. The Labute approximate surface area is 218 Å². The van der Waals surface area contributed by atoms with Gasteiger partial charge >= 0.3 is 0 Å². The summed E-state index contributed by atoms with van der Waals surface area (Å²) in [6.45, 7) is 6.26. The van der Waals surface area contributed by atoms with Crippen molar-refractivity contribution >= 4 is 34.2 Å². The monoisotopic (exact) mass is 517 g/mol. The number of fused-ring (bicyclic) bond motifs is 2. The SMILES string of the molecule is C=CCOc1ccc(C2c3c(oc4ccc(Cl)cc4c3=O)C(=O)N2c2cccc(OC)c2)cc1OCC. The van der Waals surface area contributed by atoms with Crippen molar-refractivity contribution in [3.05, 3.63) is 105 Å². The Hall–Kier alpha value is -4.23. The normalized spacial score (nSPS) is 14.5. The Morgan fingerprint density at radius 2 is 1.89 bits per heavy atom. The van der Waals surface area contributed by atoms with Gasteiger partial charge in [-0.1, -0.05) is 36.4 Å². The Kier molecular flexibility index (Phi) is 6.63. The minimum Gasteiger partial charge on any atom is -0.497 e. The highest BCUT2D eigenvalue weighted by Crippen LogP contribution is 2.44. The fourth-order valence-electron chi connectivity index (χ4n) is 4.52. The molecule has 0 aliphatic carbocycles. The number of halogens is 1. The summed E-state index contributed by atoms with van der Waals surface area (Å²) in [5, 5.41) is 0.695. The van der Waals surface area contributed by atoms with Gasteiger partial charge in [-0.25, -0.2) is 0 Å². The van der Waals surface area contributed by atoms with E-state index >= 15 is 0 Å². The van der Waals surface area contributed by atoms with Crippen LogP contribution in [0.25, 0.3) is 11.0 Å². The van der Waals surface area contributed by atoms with Gasteiger partial charge in [0.2, 0.25) is 5.76 Å². The highest BCUT2D eigenvalue weighted by atomic mass is 35.5. The van der Waals surface area contributed by atoms with Crippen molar-refractivity contribution in [3.8, 4) is 17.2 Å². The number of anilines is 1. The second-order valence-electron chi connectivity index (χ2n) is 8.33. The number of ether oxygens (including phenoxy) is 3. The number of hydrogen-bond donors (Lipinski definition) is 0. The molecule has 1 atom stereocenters. The number of amides is 1. The van der Waals surface area contributed by atoms with Crippen molar-refractivity contribution in [3.63, 3.8) is 0 Å². The fourth-order valence-corrected chi connectivity index (χ4v) is 4.69. The molecular weight excluding hydrogens is 494 g/mol. The first-order valence-corrected chi connectivity index (χ1v) is 12.1. The van der Waals surface area contributed by atoms with Crippen LogP contribution in [-0.4, -0.2) is 26.2 Å². The minimum atomic E-state index is -0.790. The molecular formula is C29H24ClNO6. The van der Waals surface area contributed by atoms with Crippen molar-refractivity contribution in [2.45, 2.75) is 13.0 Å². The molecule has 1 aliphatic heterocycles. The highest BCUT2D eigenvalue weighted by molar-refractivity contribution is 6.31. The lowest BCUT2D eigenvalue weighted by Gasteiger charge is -2.26. The van der Waals surface area contributed by atoms with Crippen molar-refractivity contribution in [2.24, 2.45) is 0 Å². The van der Waals surface area contributed by atoms with E-state index in [-0.39, 0.29) is 22.3 Å². The van der Waals surface area contributed by atoms with Crippen LogP contribution < -0.4 is 24.5 Å². The zero-order valence-corrected chi connectivity index (χ0v) is 21.1. The van der Waals surface area contributed by atoms with Crippen LogP contribution in [0, 0.1) is 0 Å². The van der Waals surface area contributed by atoms with E-state index in [2.05, 4.69) is 6.58 Å². The van der Waals surface area contributed by atoms with Crippen LogP contribution in [0.5, 0.6) is 17.2 Å². The summed E-state index contributed by atoms with van der Waals surface area (Å²) in [4.78, 5) is 29.2. The summed E-state index contributed by atoms with van der Waals surface area (Å²) in [6, 6.07) is 16.4. The molecule has 0 fully saturated rings. The van der Waals surface area contributed by atoms with Crippen LogP contribution in [-0.2, 0) is 0 Å². The lowest BCUT2D eigenvalue weighted by atomic mass is 9.97. The van der Waals surface area contributed by atoms with Gasteiger partial charge in [0.1, 0.15) is 17.9 Å². The number of carbonyl (C=O) groups excluding carboxylic acids is 1. The maximum absolute atomic E-state index is 13.8. The number of nitrogens with zero attached hydrogens (tertiary/aromatic N) is 1. The Morgan fingerprint density at radius 3 is 2.65 bits per heavy atom. The molecule has 2 heterocycles. The number of benzene rings is 3. The summed E-state index contributed by atoms with van der Waals surface area (Å²) in [7, 11) is 1.55. The summed E-state index contributed by atoms with van der Waals surface area (Å²) < 4.78 is 23.0. The molecule has 188 valence electrons. The van der Waals surface area contributed by atoms with E-state index in [1.165, 1.54) is 4.90 Å². The standard InChI is InChI=1S/C29H24ClNO6/c1-4-13-36-23-11-9-17(14-24(23)35-5-2)26-25-27(32)21-15-18(30)10-12-22(21)37-28(25)29(33)31(26)19-7-6-8-20(16-19)34-3/h4,6-12,14-16,26H,1,5,13H2,2-3H3. The summed E-state index contributed by atoms with van der Waals surface area (Å²) in [5.41, 5.74) is 1.39. The van der Waals surface area contributed by atoms with Crippen LogP contribution in [0.2, 0.25) is 5.02 Å². The smallest absolute Gasteiger partial charge is 0.295 e. The molecule has 0 saturated heterocycles. The first-order valence-electron chi connectivity index (χ1n) is 11.7. The Morgan fingerprint density at radius 1 is 1.05 bits per heavy atom. The molecule has 1 amide bonds. The van der Waals surface area contributed by atoms with E-state index < -0.39 is 11.9 Å². The molecule has 7 nitrogen and oxygen atoms in total. The summed E-state index contributed by atoms with van der Waals surface area (Å²) in [5.74, 6) is 1.13. The minimum absolute atomic E-state index is 0.0161. The van der Waals surface area contributed by atoms with Crippen LogP contribution in [0.4, 0.5) is 5.69 Å². The molecule has 8 heteroatoms. The van der Waals surface area contributed by atoms with Gasteiger partial charge in [0.15, 0.2) is 16.9 Å². The molecule has 0 saturated carbocycles. The molecule has 3 aromatic carbocycles. The molecule has 4 aromatic rings. The van der Waals surface area contributed by atoms with Crippen LogP contribution >= 0.6 is 11.6 Å². The average molecular weight is 518 g/mol. The second-order valence-corrected chi connectivity index (χ2v) is 8.77. The fraction of sp³-hybridized carbons (Fsp3) is 0.172. The quantitative estimate of drug-likeness (QED) is 0.260. The van der Waals surface area contributed by atoms with E-state index in [4.69, 9.17) is 30.2 Å². The molecule has 0 radical (unpaired) electrons. The zero-order valence-electron chi connectivity index (χ0n) is 20.3. The van der Waals surface area contributed by atoms with E-state index in [1.54, 1.807) is 67.8 Å². The number of hydrogen-bond acceptors (Lipinski definition) is 6. The lowest BCUT2D eigenvalue weighted by molar-refractivity contribution is 0.0971. The maximum Gasteiger partial charge on any atom is 0.295 e. The van der Waals surface area contributed by atoms with Gasteiger partial charge in [0.05, 0.1) is 30.7 Å². The van der Waals surface area contributed by atoms with Gasteiger partial charge < -0.3 is 18.6 Å². The third kappa shape index (κ3) is 4.32. The molecule has 0 bridgehead atoms. The molecule has 37 heavy (non-hydrogen) atoms. The van der Waals surface area contributed by atoms with E-state index in [0.29, 0.717) is 52.1 Å². The Bertz CT molecular complexity index is 1580. The van der Waals surface area contributed by atoms with Crippen LogP contribution in [0.1, 0.15) is 34.6 Å². The second kappa shape index (κ2) is 10.0. The molecule has 0 N–H and O–H groups in total. The van der Waals surface area contributed by atoms with Gasteiger partial charge in [-0.05, 0) is 55.0 Å². The van der Waals surface area contributed by atoms with Crippen molar-refractivity contribution in [1.29, 1.82) is 0 Å². The van der Waals surface area contributed by atoms with Crippen molar-refractivity contribution in [1.82, 2.24) is 0 Å². The summed E-state index contributed by atoms with van der Waals surface area (Å²) in [6.07, 6.45) is 1.64. The average Bonchev–Trinajstić information content (AvgIpc) is 3.21. The predicted octanol–water partition coefficient (Wildman–Crippen LogP) is 6.17. The van der Waals surface area contributed by atoms with Gasteiger partial charge in [0, 0.05) is 16.8 Å². The van der Waals surface area contributed by atoms with Gasteiger partial charge in [-0.3, -0.25) is 14.5 Å². The third-order valence-corrected chi connectivity index (χ3v) is 6.34. The number of rotatable bonds is 8. The van der Waals surface area contributed by atoms with E-state index in [0.717, 1.165) is 0 Å². The Balaban J connectivity index is 1.76.